The summed E-state index contributed by atoms with van der Waals surface area (Å²) < 4.78 is 39.1. The van der Waals surface area contributed by atoms with Crippen LogP contribution in [0.2, 0.25) is 0 Å². The molecule has 0 aliphatic heterocycles. The maximum absolute atomic E-state index is 13.0. The third kappa shape index (κ3) is 3.90. The van der Waals surface area contributed by atoms with E-state index in [1.807, 2.05) is 24.3 Å². The molecule has 20 heavy (non-hydrogen) atoms. The van der Waals surface area contributed by atoms with Crippen molar-refractivity contribution in [3.8, 4) is 0 Å². The average molecular weight is 285 g/mol. The lowest BCUT2D eigenvalue weighted by Crippen LogP contribution is -2.41. The van der Waals surface area contributed by atoms with Gasteiger partial charge in [-0.3, -0.25) is 0 Å². The zero-order chi connectivity index (χ0) is 14.6. The van der Waals surface area contributed by atoms with Gasteiger partial charge >= 0.3 is 6.18 Å². The summed E-state index contributed by atoms with van der Waals surface area (Å²) in [5.41, 5.74) is 2.03. The van der Waals surface area contributed by atoms with Crippen molar-refractivity contribution in [1.82, 2.24) is 0 Å². The molecule has 2 unspecified atom stereocenters. The van der Waals surface area contributed by atoms with Crippen molar-refractivity contribution in [2.75, 3.05) is 5.32 Å². The lowest BCUT2D eigenvalue weighted by molar-refractivity contribution is -0.184. The molecular weight excluding hydrogens is 263 g/mol. The molecule has 1 aromatic rings. The molecule has 0 heterocycles. The van der Waals surface area contributed by atoms with Gasteiger partial charge in [0.25, 0.3) is 0 Å². The minimum atomic E-state index is -4.10. The highest BCUT2D eigenvalue weighted by atomic mass is 19.4. The van der Waals surface area contributed by atoms with Gasteiger partial charge in [0, 0.05) is 11.7 Å². The highest BCUT2D eigenvalue weighted by molar-refractivity contribution is 5.45. The van der Waals surface area contributed by atoms with E-state index in [0.717, 1.165) is 24.9 Å². The molecule has 1 aromatic carbocycles. The zero-order valence-electron chi connectivity index (χ0n) is 11.8. The molecule has 1 saturated carbocycles. The van der Waals surface area contributed by atoms with Gasteiger partial charge in [-0.15, -0.1) is 0 Å². The second-order valence-corrected chi connectivity index (χ2v) is 5.63. The van der Waals surface area contributed by atoms with Crippen molar-refractivity contribution in [3.05, 3.63) is 29.8 Å². The van der Waals surface area contributed by atoms with Crippen LogP contribution in [0.1, 0.15) is 44.6 Å². The first-order valence-electron chi connectivity index (χ1n) is 7.43. The molecule has 2 atom stereocenters. The maximum Gasteiger partial charge on any atom is 0.393 e. The van der Waals surface area contributed by atoms with Crippen LogP contribution in [0.15, 0.2) is 24.3 Å². The van der Waals surface area contributed by atoms with Gasteiger partial charge in [-0.25, -0.2) is 0 Å². The van der Waals surface area contributed by atoms with Gasteiger partial charge in [0.05, 0.1) is 5.92 Å². The summed E-state index contributed by atoms with van der Waals surface area (Å²) in [4.78, 5) is 0. The normalized spacial score (nSPS) is 23.6. The van der Waals surface area contributed by atoms with E-state index in [4.69, 9.17) is 0 Å². The molecule has 0 aromatic heterocycles. The molecule has 4 heteroatoms. The lowest BCUT2D eigenvalue weighted by atomic mass is 9.84. The fourth-order valence-corrected chi connectivity index (χ4v) is 2.97. The van der Waals surface area contributed by atoms with Gasteiger partial charge in [0.1, 0.15) is 0 Å². The highest BCUT2D eigenvalue weighted by Crippen LogP contribution is 2.39. The zero-order valence-corrected chi connectivity index (χ0v) is 11.8. The van der Waals surface area contributed by atoms with Crippen LogP contribution in [-0.4, -0.2) is 12.2 Å². The molecule has 1 N–H and O–H groups in total. The summed E-state index contributed by atoms with van der Waals surface area (Å²) in [5.74, 6) is -1.22. The van der Waals surface area contributed by atoms with E-state index in [2.05, 4.69) is 12.2 Å². The minimum absolute atomic E-state index is 0.245. The smallest absolute Gasteiger partial charge is 0.382 e. The summed E-state index contributed by atoms with van der Waals surface area (Å²) in [5, 5.41) is 3.09. The molecule has 0 amide bonds. The summed E-state index contributed by atoms with van der Waals surface area (Å²) in [6, 6.07) is 7.30. The van der Waals surface area contributed by atoms with Gasteiger partial charge in [0.15, 0.2) is 0 Å². The molecule has 2 rings (SSSR count). The second kappa shape index (κ2) is 6.51. The predicted octanol–water partition coefficient (Wildman–Crippen LogP) is 5.17. The van der Waals surface area contributed by atoms with E-state index in [1.165, 1.54) is 5.56 Å². The molecule has 112 valence electrons. The van der Waals surface area contributed by atoms with Crippen LogP contribution in [0.4, 0.5) is 18.9 Å². The Morgan fingerprint density at radius 3 is 2.35 bits per heavy atom. The Kier molecular flexibility index (Phi) is 4.95. The lowest BCUT2D eigenvalue weighted by Gasteiger charge is -2.34. The Morgan fingerprint density at radius 2 is 1.75 bits per heavy atom. The first kappa shape index (κ1) is 15.2. The van der Waals surface area contributed by atoms with E-state index in [-0.39, 0.29) is 6.42 Å². The quantitative estimate of drug-likeness (QED) is 0.804. The van der Waals surface area contributed by atoms with E-state index in [0.29, 0.717) is 12.8 Å². The minimum Gasteiger partial charge on any atom is -0.382 e. The fourth-order valence-electron chi connectivity index (χ4n) is 2.97. The van der Waals surface area contributed by atoms with Crippen LogP contribution >= 0.6 is 0 Å². The molecule has 0 bridgehead atoms. The average Bonchev–Trinajstić information content (AvgIpc) is 2.41. The molecule has 0 spiro atoms. The standard InChI is InChI=1S/C16H22F3N/c1-2-5-12-8-10-13(11-9-12)20-15-7-4-3-6-14(15)16(17,18)19/h8-11,14-15,20H,2-7H2,1H3. The number of hydrogen-bond acceptors (Lipinski definition) is 1. The van der Waals surface area contributed by atoms with Gasteiger partial charge in [-0.1, -0.05) is 38.3 Å². The highest BCUT2D eigenvalue weighted by Gasteiger charge is 2.45. The molecule has 0 radical (unpaired) electrons. The van der Waals surface area contributed by atoms with Crippen molar-refractivity contribution >= 4 is 5.69 Å². The van der Waals surface area contributed by atoms with Crippen LogP contribution in [0.3, 0.4) is 0 Å². The molecule has 1 fully saturated rings. The van der Waals surface area contributed by atoms with E-state index in [1.54, 1.807) is 0 Å². The Hall–Kier alpha value is -1.19. The third-order valence-corrected chi connectivity index (χ3v) is 4.03. The Bertz CT molecular complexity index is 411. The van der Waals surface area contributed by atoms with Gasteiger partial charge in [-0.05, 0) is 37.0 Å². The van der Waals surface area contributed by atoms with Gasteiger partial charge in [0.2, 0.25) is 0 Å². The van der Waals surface area contributed by atoms with E-state index in [9.17, 15) is 13.2 Å². The number of rotatable bonds is 4. The van der Waals surface area contributed by atoms with Crippen molar-refractivity contribution in [2.45, 2.75) is 57.7 Å². The Labute approximate surface area is 118 Å². The first-order chi connectivity index (χ1) is 9.50. The molecule has 1 nitrogen and oxygen atoms in total. The Morgan fingerprint density at radius 1 is 1.10 bits per heavy atom. The third-order valence-electron chi connectivity index (χ3n) is 4.03. The van der Waals surface area contributed by atoms with Crippen molar-refractivity contribution in [2.24, 2.45) is 5.92 Å². The Balaban J connectivity index is 2.03. The van der Waals surface area contributed by atoms with Crippen molar-refractivity contribution in [1.29, 1.82) is 0 Å². The summed E-state index contributed by atoms with van der Waals surface area (Å²) in [6.07, 6.45) is 0.382. The first-order valence-corrected chi connectivity index (χ1v) is 7.43. The van der Waals surface area contributed by atoms with Crippen molar-refractivity contribution < 1.29 is 13.2 Å². The van der Waals surface area contributed by atoms with Crippen LogP contribution in [0, 0.1) is 5.92 Å². The largest absolute Gasteiger partial charge is 0.393 e. The predicted molar refractivity (Wildman–Crippen MR) is 75.9 cm³/mol. The van der Waals surface area contributed by atoms with Gasteiger partial charge < -0.3 is 5.32 Å². The fraction of sp³-hybridized carbons (Fsp3) is 0.625. The molecule has 1 aliphatic rings. The van der Waals surface area contributed by atoms with Crippen LogP contribution in [-0.2, 0) is 6.42 Å². The number of halogens is 3. The van der Waals surface area contributed by atoms with Crippen LogP contribution in [0.25, 0.3) is 0 Å². The SMILES string of the molecule is CCCc1ccc(NC2CCCCC2C(F)(F)F)cc1. The molecular formula is C16H22F3N. The summed E-state index contributed by atoms with van der Waals surface area (Å²) >= 11 is 0. The summed E-state index contributed by atoms with van der Waals surface area (Å²) in [7, 11) is 0. The van der Waals surface area contributed by atoms with Crippen LogP contribution < -0.4 is 5.32 Å². The molecule has 1 aliphatic carbocycles. The monoisotopic (exact) mass is 285 g/mol. The van der Waals surface area contributed by atoms with Crippen LogP contribution in [0.5, 0.6) is 0 Å². The topological polar surface area (TPSA) is 12.0 Å². The summed E-state index contributed by atoms with van der Waals surface area (Å²) in [6.45, 7) is 2.11. The van der Waals surface area contributed by atoms with Gasteiger partial charge in [-0.2, -0.15) is 13.2 Å². The number of hydrogen-bond donors (Lipinski definition) is 1. The maximum atomic E-state index is 13.0. The van der Waals surface area contributed by atoms with E-state index >= 15 is 0 Å². The number of alkyl halides is 3. The van der Waals surface area contributed by atoms with E-state index < -0.39 is 18.1 Å². The number of aryl methyl sites for hydroxylation is 1. The van der Waals surface area contributed by atoms with Crippen molar-refractivity contribution in [3.63, 3.8) is 0 Å². The number of nitrogens with one attached hydrogen (secondary N) is 1. The number of benzene rings is 1. The second-order valence-electron chi connectivity index (χ2n) is 5.63. The number of anilines is 1. The molecule has 0 saturated heterocycles.